The van der Waals surface area contributed by atoms with Crippen LogP contribution in [0.4, 0.5) is 0 Å². The fraction of sp³-hybridized carbons (Fsp3) is 1.00. The summed E-state index contributed by atoms with van der Waals surface area (Å²) in [7, 11) is 0. The maximum atomic E-state index is 6.27. The Morgan fingerprint density at radius 1 is 1.31 bits per heavy atom. The highest BCUT2D eigenvalue weighted by Gasteiger charge is 2.29. The highest BCUT2D eigenvalue weighted by molar-refractivity contribution is 7.99. The van der Waals surface area contributed by atoms with Gasteiger partial charge in [-0.1, -0.05) is 6.92 Å². The third kappa shape index (κ3) is 3.14. The first-order valence-corrected chi connectivity index (χ1v) is 7.89. The molecule has 0 bridgehead atoms. The third-order valence-corrected chi connectivity index (χ3v) is 5.47. The standard InChI is InChI=1S/C13H26N2S/c1-10-3-4-13(14)12(7-10)8-15-5-6-16-9-11(15)2/h10-13H,3-9,14H2,1-2H3. The third-order valence-electron chi connectivity index (χ3n) is 4.28. The molecule has 94 valence electrons. The lowest BCUT2D eigenvalue weighted by Crippen LogP contribution is -2.48. The van der Waals surface area contributed by atoms with E-state index in [4.69, 9.17) is 5.73 Å². The first kappa shape index (κ1) is 12.7. The maximum absolute atomic E-state index is 6.27. The smallest absolute Gasteiger partial charge is 0.0158 e. The molecular formula is C13H26N2S. The van der Waals surface area contributed by atoms with Crippen LogP contribution in [0.5, 0.6) is 0 Å². The van der Waals surface area contributed by atoms with Crippen molar-refractivity contribution in [3.63, 3.8) is 0 Å². The zero-order valence-electron chi connectivity index (χ0n) is 10.7. The van der Waals surface area contributed by atoms with Gasteiger partial charge in [0.1, 0.15) is 0 Å². The number of hydrogen-bond acceptors (Lipinski definition) is 3. The van der Waals surface area contributed by atoms with Crippen molar-refractivity contribution in [3.05, 3.63) is 0 Å². The fourth-order valence-electron chi connectivity index (χ4n) is 3.07. The van der Waals surface area contributed by atoms with Gasteiger partial charge in [0.2, 0.25) is 0 Å². The summed E-state index contributed by atoms with van der Waals surface area (Å²) in [6.45, 7) is 7.26. The van der Waals surface area contributed by atoms with E-state index in [0.29, 0.717) is 6.04 Å². The highest BCUT2D eigenvalue weighted by atomic mass is 32.2. The van der Waals surface area contributed by atoms with Crippen molar-refractivity contribution in [2.24, 2.45) is 17.6 Å². The van der Waals surface area contributed by atoms with Crippen LogP contribution in [0.15, 0.2) is 0 Å². The van der Waals surface area contributed by atoms with Gasteiger partial charge in [0.05, 0.1) is 0 Å². The molecule has 16 heavy (non-hydrogen) atoms. The summed E-state index contributed by atoms with van der Waals surface area (Å²) in [5.41, 5.74) is 6.27. The average molecular weight is 242 g/mol. The Bertz CT molecular complexity index is 222. The molecule has 0 aromatic heterocycles. The summed E-state index contributed by atoms with van der Waals surface area (Å²) in [6.07, 6.45) is 3.92. The molecule has 2 nitrogen and oxygen atoms in total. The molecule has 1 saturated heterocycles. The molecule has 2 rings (SSSR count). The second kappa shape index (κ2) is 5.74. The minimum absolute atomic E-state index is 0.456. The van der Waals surface area contributed by atoms with Crippen molar-refractivity contribution in [3.8, 4) is 0 Å². The molecule has 0 aromatic rings. The molecule has 1 heterocycles. The molecule has 0 amide bonds. The van der Waals surface area contributed by atoms with Gasteiger partial charge in [-0.15, -0.1) is 0 Å². The predicted molar refractivity (Wildman–Crippen MR) is 72.8 cm³/mol. The van der Waals surface area contributed by atoms with Crippen LogP contribution in [-0.4, -0.2) is 41.6 Å². The van der Waals surface area contributed by atoms with Crippen molar-refractivity contribution >= 4 is 11.8 Å². The van der Waals surface area contributed by atoms with Gasteiger partial charge >= 0.3 is 0 Å². The van der Waals surface area contributed by atoms with E-state index in [0.717, 1.165) is 17.9 Å². The number of rotatable bonds is 2. The van der Waals surface area contributed by atoms with Crippen LogP contribution in [-0.2, 0) is 0 Å². The second-order valence-electron chi connectivity index (χ2n) is 5.76. The molecule has 1 aliphatic heterocycles. The van der Waals surface area contributed by atoms with Gasteiger partial charge in [0, 0.05) is 36.7 Å². The molecule has 4 atom stereocenters. The molecule has 2 fully saturated rings. The summed E-state index contributed by atoms with van der Waals surface area (Å²) in [5, 5.41) is 0. The normalized spacial score (nSPS) is 42.2. The molecule has 2 aliphatic rings. The Hall–Kier alpha value is 0.270. The van der Waals surface area contributed by atoms with E-state index < -0.39 is 0 Å². The van der Waals surface area contributed by atoms with Crippen LogP contribution in [0.3, 0.4) is 0 Å². The number of nitrogens with two attached hydrogens (primary N) is 1. The predicted octanol–water partition coefficient (Wildman–Crippen LogP) is 2.19. The number of hydrogen-bond donors (Lipinski definition) is 1. The van der Waals surface area contributed by atoms with E-state index in [1.165, 1.54) is 43.9 Å². The maximum Gasteiger partial charge on any atom is 0.0158 e. The van der Waals surface area contributed by atoms with Crippen LogP contribution in [0.25, 0.3) is 0 Å². The molecule has 4 unspecified atom stereocenters. The van der Waals surface area contributed by atoms with Gasteiger partial charge in [0.15, 0.2) is 0 Å². The van der Waals surface area contributed by atoms with E-state index in [1.54, 1.807) is 0 Å². The first-order valence-electron chi connectivity index (χ1n) is 6.74. The van der Waals surface area contributed by atoms with E-state index in [9.17, 15) is 0 Å². The molecule has 0 spiro atoms. The van der Waals surface area contributed by atoms with E-state index >= 15 is 0 Å². The Kier molecular flexibility index (Phi) is 4.57. The van der Waals surface area contributed by atoms with Gasteiger partial charge in [-0.25, -0.2) is 0 Å². The molecule has 0 aromatic carbocycles. The molecule has 3 heteroatoms. The lowest BCUT2D eigenvalue weighted by molar-refractivity contribution is 0.142. The van der Waals surface area contributed by atoms with Gasteiger partial charge in [-0.2, -0.15) is 11.8 Å². The van der Waals surface area contributed by atoms with Crippen LogP contribution in [0.1, 0.15) is 33.1 Å². The van der Waals surface area contributed by atoms with Crippen molar-refractivity contribution < 1.29 is 0 Å². The zero-order valence-corrected chi connectivity index (χ0v) is 11.5. The van der Waals surface area contributed by atoms with Gasteiger partial charge < -0.3 is 5.73 Å². The van der Waals surface area contributed by atoms with Crippen molar-refractivity contribution in [1.29, 1.82) is 0 Å². The molecule has 2 N–H and O–H groups in total. The fourth-order valence-corrected chi connectivity index (χ4v) is 4.15. The van der Waals surface area contributed by atoms with Crippen LogP contribution in [0, 0.1) is 11.8 Å². The Balaban J connectivity index is 1.86. The molecule has 1 aliphatic carbocycles. The van der Waals surface area contributed by atoms with Crippen LogP contribution in [0.2, 0.25) is 0 Å². The van der Waals surface area contributed by atoms with E-state index in [1.807, 2.05) is 0 Å². The quantitative estimate of drug-likeness (QED) is 0.805. The van der Waals surface area contributed by atoms with E-state index in [2.05, 4.69) is 30.5 Å². The highest BCUT2D eigenvalue weighted by Crippen LogP contribution is 2.29. The summed E-state index contributed by atoms with van der Waals surface area (Å²) in [6, 6.07) is 1.21. The lowest BCUT2D eigenvalue weighted by atomic mass is 9.79. The zero-order chi connectivity index (χ0) is 11.5. The largest absolute Gasteiger partial charge is 0.327 e. The number of thioether (sulfide) groups is 1. The Labute approximate surface area is 104 Å². The van der Waals surface area contributed by atoms with Crippen LogP contribution < -0.4 is 5.73 Å². The van der Waals surface area contributed by atoms with Gasteiger partial charge in [-0.3, -0.25) is 4.90 Å². The summed E-state index contributed by atoms with van der Waals surface area (Å²) < 4.78 is 0. The minimum atomic E-state index is 0.456. The summed E-state index contributed by atoms with van der Waals surface area (Å²) in [5.74, 6) is 4.24. The van der Waals surface area contributed by atoms with Crippen molar-refractivity contribution in [1.82, 2.24) is 4.90 Å². The monoisotopic (exact) mass is 242 g/mol. The average Bonchev–Trinajstić information content (AvgIpc) is 2.27. The van der Waals surface area contributed by atoms with Crippen molar-refractivity contribution in [2.45, 2.75) is 45.2 Å². The Morgan fingerprint density at radius 3 is 2.88 bits per heavy atom. The molecule has 1 saturated carbocycles. The SMILES string of the molecule is CC1CCC(N)C(CN2CCSCC2C)C1. The molecule has 0 radical (unpaired) electrons. The molecular weight excluding hydrogens is 216 g/mol. The van der Waals surface area contributed by atoms with Crippen LogP contribution >= 0.6 is 11.8 Å². The topological polar surface area (TPSA) is 29.3 Å². The summed E-state index contributed by atoms with van der Waals surface area (Å²) in [4.78, 5) is 2.67. The van der Waals surface area contributed by atoms with Gasteiger partial charge in [-0.05, 0) is 38.0 Å². The lowest BCUT2D eigenvalue weighted by Gasteiger charge is -2.40. The minimum Gasteiger partial charge on any atom is -0.327 e. The second-order valence-corrected chi connectivity index (χ2v) is 6.91. The van der Waals surface area contributed by atoms with Crippen molar-refractivity contribution in [2.75, 3.05) is 24.6 Å². The summed E-state index contributed by atoms with van der Waals surface area (Å²) >= 11 is 2.10. The van der Waals surface area contributed by atoms with Gasteiger partial charge in [0.25, 0.3) is 0 Å². The first-order chi connectivity index (χ1) is 7.66. The van der Waals surface area contributed by atoms with E-state index in [-0.39, 0.29) is 0 Å². The number of nitrogens with zero attached hydrogens (tertiary/aromatic N) is 1. The Morgan fingerprint density at radius 2 is 2.12 bits per heavy atom.